The van der Waals surface area contributed by atoms with E-state index < -0.39 is 44.1 Å². The molecular weight excluding hydrogens is 712 g/mol. The molecule has 51 heavy (non-hydrogen) atoms. The van der Waals surface area contributed by atoms with Gasteiger partial charge in [-0.1, -0.05) is 6.07 Å². The van der Waals surface area contributed by atoms with Gasteiger partial charge in [0.25, 0.3) is 0 Å². The van der Waals surface area contributed by atoms with Crippen molar-refractivity contribution >= 4 is 31.7 Å². The first-order chi connectivity index (χ1) is 24.1. The van der Waals surface area contributed by atoms with Gasteiger partial charge in [-0.3, -0.25) is 19.2 Å². The number of aryl methyl sites for hydroxylation is 1. The summed E-state index contributed by atoms with van der Waals surface area (Å²) in [5.41, 5.74) is 1.24. The number of piperidine rings is 1. The first kappa shape index (κ1) is 37.7. The third-order valence-electron chi connectivity index (χ3n) is 10.5. The Kier molecular flexibility index (Phi) is 11.2. The van der Waals surface area contributed by atoms with E-state index in [9.17, 15) is 39.6 Å². The Hall–Kier alpha value is -3.06. The van der Waals surface area contributed by atoms with Crippen LogP contribution in [0.15, 0.2) is 18.2 Å². The molecule has 282 valence electrons. The number of amides is 2. The molecule has 0 radical (unpaired) electrons. The number of benzene rings is 1. The van der Waals surface area contributed by atoms with Crippen LogP contribution in [-0.4, -0.2) is 134 Å². The normalized spacial score (nSPS) is 21.3. The van der Waals surface area contributed by atoms with Gasteiger partial charge >= 0.3 is 6.18 Å². The van der Waals surface area contributed by atoms with Crippen molar-refractivity contribution in [2.24, 2.45) is 0 Å². The number of rotatable bonds is 11. The van der Waals surface area contributed by atoms with Crippen molar-refractivity contribution < 1.29 is 39.6 Å². The van der Waals surface area contributed by atoms with Gasteiger partial charge in [0.2, 0.25) is 21.8 Å². The van der Waals surface area contributed by atoms with Gasteiger partial charge in [-0.15, -0.1) is 0 Å². The minimum absolute atomic E-state index is 0.0465. The summed E-state index contributed by atoms with van der Waals surface area (Å²) in [6.07, 6.45) is 1.06. The molecule has 2 aromatic rings. The van der Waals surface area contributed by atoms with Crippen molar-refractivity contribution in [3.05, 3.63) is 40.6 Å². The van der Waals surface area contributed by atoms with E-state index in [2.05, 4.69) is 10.2 Å². The van der Waals surface area contributed by atoms with E-state index in [-0.39, 0.29) is 55.7 Å². The maximum atomic E-state index is 14.1. The first-order valence-electron chi connectivity index (χ1n) is 17.5. The van der Waals surface area contributed by atoms with Gasteiger partial charge in [0, 0.05) is 94.6 Å². The number of sulfonamides is 1. The van der Waals surface area contributed by atoms with Crippen LogP contribution in [0.25, 0.3) is 11.3 Å². The summed E-state index contributed by atoms with van der Waals surface area (Å²) in [6, 6.07) is 3.96. The fourth-order valence-electron chi connectivity index (χ4n) is 7.64. The Bertz CT molecular complexity index is 1830. The number of alkyl halides is 3. The molecule has 1 aromatic heterocycles. The third kappa shape index (κ3) is 9.12. The molecule has 1 aromatic carbocycles. The van der Waals surface area contributed by atoms with Gasteiger partial charge < -0.3 is 15.1 Å². The molecule has 0 bridgehead atoms. The van der Waals surface area contributed by atoms with Gasteiger partial charge in [0.15, 0.2) is 9.84 Å². The summed E-state index contributed by atoms with van der Waals surface area (Å²) in [5.74, 6) is -0.419. The number of carbonyl (C=O) groups excluding carboxylic acids is 2. The van der Waals surface area contributed by atoms with Crippen LogP contribution in [0.1, 0.15) is 54.5 Å². The molecule has 4 aliphatic rings. The largest absolute Gasteiger partial charge is 0.416 e. The molecule has 0 aliphatic carbocycles. The summed E-state index contributed by atoms with van der Waals surface area (Å²) in [7, 11) is -6.69. The van der Waals surface area contributed by atoms with Crippen LogP contribution >= 0.6 is 0 Å². The SMILES string of the molecule is CS(=O)(=O)N1CCc2c(c(-c3ccc(C(F)(F)F)c(CNC(=O)CN4CCS(=O)(=O)CC4)c3)nn2CCCN2CCC(N3CCCC3=O)CC2)C1. The Balaban J connectivity index is 1.17. The van der Waals surface area contributed by atoms with Crippen molar-refractivity contribution in [1.82, 2.24) is 34.1 Å². The van der Waals surface area contributed by atoms with E-state index in [4.69, 9.17) is 5.10 Å². The molecule has 18 heteroatoms. The van der Waals surface area contributed by atoms with Crippen molar-refractivity contribution in [3.63, 3.8) is 0 Å². The number of halogens is 3. The van der Waals surface area contributed by atoms with E-state index in [1.165, 1.54) is 16.4 Å². The monoisotopic (exact) mass is 757 g/mol. The molecule has 5 heterocycles. The number of nitrogens with one attached hydrogen (secondary N) is 1. The quantitative estimate of drug-likeness (QED) is 0.362. The molecule has 4 aliphatic heterocycles. The summed E-state index contributed by atoms with van der Waals surface area (Å²) in [6.45, 7) is 4.13. The van der Waals surface area contributed by atoms with Crippen molar-refractivity contribution in [3.8, 4) is 11.3 Å². The fraction of sp³-hybridized carbons (Fsp3) is 0.667. The van der Waals surface area contributed by atoms with Gasteiger partial charge in [0.05, 0.1) is 35.6 Å². The van der Waals surface area contributed by atoms with Crippen LogP contribution in [0.4, 0.5) is 13.2 Å². The van der Waals surface area contributed by atoms with Crippen LogP contribution < -0.4 is 5.32 Å². The molecule has 2 amide bonds. The maximum absolute atomic E-state index is 14.1. The van der Waals surface area contributed by atoms with Crippen molar-refractivity contribution in [2.75, 3.05) is 70.1 Å². The summed E-state index contributed by atoms with van der Waals surface area (Å²) >= 11 is 0. The average Bonchev–Trinajstić information content (AvgIpc) is 3.67. The predicted octanol–water partition coefficient (Wildman–Crippen LogP) is 1.71. The van der Waals surface area contributed by atoms with Crippen LogP contribution in [0.2, 0.25) is 0 Å². The van der Waals surface area contributed by atoms with Crippen LogP contribution in [0, 0.1) is 0 Å². The van der Waals surface area contributed by atoms with E-state index in [0.717, 1.165) is 69.9 Å². The molecule has 0 spiro atoms. The predicted molar refractivity (Wildman–Crippen MR) is 184 cm³/mol. The second-order valence-corrected chi connectivity index (χ2v) is 18.3. The first-order valence-corrected chi connectivity index (χ1v) is 21.2. The molecule has 0 saturated carbocycles. The second-order valence-electron chi connectivity index (χ2n) is 14.0. The van der Waals surface area contributed by atoms with Gasteiger partial charge in [-0.05, 0) is 49.9 Å². The smallest absolute Gasteiger partial charge is 0.351 e. The number of sulfone groups is 1. The van der Waals surface area contributed by atoms with E-state index in [0.29, 0.717) is 42.2 Å². The van der Waals surface area contributed by atoms with E-state index >= 15 is 0 Å². The second kappa shape index (κ2) is 15.1. The molecular formula is C33H46F3N7O6S2. The average molecular weight is 758 g/mol. The molecule has 0 unspecified atom stereocenters. The minimum Gasteiger partial charge on any atom is -0.351 e. The van der Waals surface area contributed by atoms with Crippen LogP contribution in [0.3, 0.4) is 0 Å². The highest BCUT2D eigenvalue weighted by molar-refractivity contribution is 7.91. The van der Waals surface area contributed by atoms with Crippen molar-refractivity contribution in [1.29, 1.82) is 0 Å². The third-order valence-corrected chi connectivity index (χ3v) is 13.3. The molecule has 1 N–H and O–H groups in total. The lowest BCUT2D eigenvalue weighted by molar-refractivity contribution is -0.138. The Morgan fingerprint density at radius 3 is 2.37 bits per heavy atom. The number of fused-ring (bicyclic) bond motifs is 1. The molecule has 0 atom stereocenters. The standard InChI is InChI=1S/C33H46F3N7O6S2/c1-50(46,47)41-15-9-29-27(22-41)32(38-43(29)12-3-10-39-13-7-26(8-14-39)42-11-2-4-31(42)45)24-5-6-28(33(34,35)36)25(20-24)21-37-30(44)23-40-16-18-51(48,49)19-17-40/h5-6,20,26H,2-4,7-19,21-23H2,1H3,(H,37,44). The van der Waals surface area contributed by atoms with Gasteiger partial charge in [-0.2, -0.15) is 22.6 Å². The Morgan fingerprint density at radius 1 is 1.00 bits per heavy atom. The number of likely N-dealkylation sites (tertiary alicyclic amines) is 2. The maximum Gasteiger partial charge on any atom is 0.416 e. The lowest BCUT2D eigenvalue weighted by Gasteiger charge is -2.36. The lowest BCUT2D eigenvalue weighted by atomic mass is 9.97. The van der Waals surface area contributed by atoms with Crippen LogP contribution in [0.5, 0.6) is 0 Å². The summed E-state index contributed by atoms with van der Waals surface area (Å²) < 4.78 is 94.1. The molecule has 13 nitrogen and oxygen atoms in total. The fourth-order valence-corrected chi connectivity index (χ4v) is 9.71. The summed E-state index contributed by atoms with van der Waals surface area (Å²) in [4.78, 5) is 31.0. The highest BCUT2D eigenvalue weighted by atomic mass is 32.2. The molecule has 3 saturated heterocycles. The zero-order valence-electron chi connectivity index (χ0n) is 28.8. The minimum atomic E-state index is -4.69. The Labute approximate surface area is 297 Å². The van der Waals surface area contributed by atoms with E-state index in [1.807, 2.05) is 9.58 Å². The Morgan fingerprint density at radius 2 is 1.73 bits per heavy atom. The van der Waals surface area contributed by atoms with Gasteiger partial charge in [0.1, 0.15) is 0 Å². The highest BCUT2D eigenvalue weighted by Crippen LogP contribution is 2.37. The molecule has 6 rings (SSSR count). The number of carbonyl (C=O) groups is 2. The topological polar surface area (TPSA) is 145 Å². The molecule has 3 fully saturated rings. The highest BCUT2D eigenvalue weighted by Gasteiger charge is 2.35. The zero-order chi connectivity index (χ0) is 36.6. The number of hydrogen-bond acceptors (Lipinski definition) is 9. The van der Waals surface area contributed by atoms with Crippen LogP contribution in [-0.2, 0) is 61.7 Å². The van der Waals surface area contributed by atoms with Crippen molar-refractivity contribution in [2.45, 2.75) is 70.4 Å². The zero-order valence-corrected chi connectivity index (χ0v) is 30.5. The summed E-state index contributed by atoms with van der Waals surface area (Å²) in [5, 5.41) is 7.42. The van der Waals surface area contributed by atoms with E-state index in [1.54, 1.807) is 4.90 Å². The van der Waals surface area contributed by atoms with Gasteiger partial charge in [-0.25, -0.2) is 16.8 Å². The number of nitrogens with zero attached hydrogens (tertiary/aromatic N) is 6. The number of aromatic nitrogens is 2. The lowest BCUT2D eigenvalue weighted by Crippen LogP contribution is -2.45. The number of hydrogen-bond donors (Lipinski definition) is 1.